The third kappa shape index (κ3) is 1.87. The summed E-state index contributed by atoms with van der Waals surface area (Å²) in [6.07, 6.45) is 3.73. The molecule has 0 radical (unpaired) electrons. The number of fused-ring (bicyclic) bond motifs is 1. The van der Waals surface area contributed by atoms with E-state index in [-0.39, 0.29) is 0 Å². The second-order valence-electron chi connectivity index (χ2n) is 4.79. The molecular weight excluding hydrogens is 262 g/mol. The number of aromatic nitrogens is 4. The molecule has 5 nitrogen and oxygen atoms in total. The highest BCUT2D eigenvalue weighted by Gasteiger charge is 2.12. The Morgan fingerprint density at radius 3 is 2.62 bits per heavy atom. The largest absolute Gasteiger partial charge is 0.384 e. The summed E-state index contributed by atoms with van der Waals surface area (Å²) in [4.78, 5) is 0. The van der Waals surface area contributed by atoms with Gasteiger partial charge in [0.25, 0.3) is 0 Å². The first kappa shape index (κ1) is 11.7. The van der Waals surface area contributed by atoms with Crippen LogP contribution in [-0.2, 0) is 0 Å². The predicted octanol–water partition coefficient (Wildman–Crippen LogP) is 2.77. The number of pyridine rings is 1. The summed E-state index contributed by atoms with van der Waals surface area (Å²) in [6.45, 7) is 0. The van der Waals surface area contributed by atoms with E-state index in [9.17, 15) is 0 Å². The molecule has 0 saturated carbocycles. The summed E-state index contributed by atoms with van der Waals surface area (Å²) < 4.78 is 3.56. The highest BCUT2D eigenvalue weighted by atomic mass is 15.3. The topological polar surface area (TPSA) is 61.1 Å². The summed E-state index contributed by atoms with van der Waals surface area (Å²) >= 11 is 0. The number of hydrogen-bond donors (Lipinski definition) is 1. The fourth-order valence-electron chi connectivity index (χ4n) is 2.44. The number of nitrogens with zero attached hydrogens (tertiary/aromatic N) is 4. The molecule has 0 aliphatic rings. The third-order valence-electron chi connectivity index (χ3n) is 3.44. The Morgan fingerprint density at radius 1 is 0.952 bits per heavy atom. The Balaban J connectivity index is 1.87. The van der Waals surface area contributed by atoms with Crippen LogP contribution in [0.25, 0.3) is 22.5 Å². The highest BCUT2D eigenvalue weighted by molar-refractivity contribution is 5.78. The van der Waals surface area contributed by atoms with Gasteiger partial charge < -0.3 is 5.73 Å². The monoisotopic (exact) mass is 275 g/mol. The zero-order valence-electron chi connectivity index (χ0n) is 11.2. The molecule has 2 N–H and O–H groups in total. The molecule has 0 saturated heterocycles. The van der Waals surface area contributed by atoms with Gasteiger partial charge in [-0.1, -0.05) is 24.3 Å². The van der Waals surface area contributed by atoms with Crippen LogP contribution in [0.2, 0.25) is 0 Å². The van der Waals surface area contributed by atoms with Crippen molar-refractivity contribution in [3.63, 3.8) is 0 Å². The van der Waals surface area contributed by atoms with Gasteiger partial charge in [-0.05, 0) is 24.3 Å². The molecule has 21 heavy (non-hydrogen) atoms. The SMILES string of the molecule is Nc1cc(-c2cnn3ccccc23)nn1-c1ccccc1. The summed E-state index contributed by atoms with van der Waals surface area (Å²) in [7, 11) is 0. The molecule has 0 unspecified atom stereocenters. The minimum absolute atomic E-state index is 0.603. The molecule has 5 heteroatoms. The molecule has 3 heterocycles. The van der Waals surface area contributed by atoms with Crippen LogP contribution in [0.3, 0.4) is 0 Å². The van der Waals surface area contributed by atoms with Crippen LogP contribution in [0.15, 0.2) is 67.0 Å². The maximum absolute atomic E-state index is 6.10. The zero-order chi connectivity index (χ0) is 14.2. The van der Waals surface area contributed by atoms with Crippen LogP contribution in [0.1, 0.15) is 0 Å². The van der Waals surface area contributed by atoms with Crippen LogP contribution in [0.4, 0.5) is 5.82 Å². The van der Waals surface area contributed by atoms with Crippen molar-refractivity contribution in [2.45, 2.75) is 0 Å². The molecule has 0 atom stereocenters. The lowest BCUT2D eigenvalue weighted by molar-refractivity contribution is 0.895. The van der Waals surface area contributed by atoms with Gasteiger partial charge in [0.1, 0.15) is 5.82 Å². The Labute approximate surface area is 121 Å². The number of para-hydroxylation sites is 1. The smallest absolute Gasteiger partial charge is 0.127 e. The molecule has 4 rings (SSSR count). The van der Waals surface area contributed by atoms with E-state index in [0.717, 1.165) is 22.5 Å². The molecule has 0 fully saturated rings. The van der Waals surface area contributed by atoms with Crippen molar-refractivity contribution in [1.82, 2.24) is 19.4 Å². The molecule has 0 aliphatic heterocycles. The van der Waals surface area contributed by atoms with Gasteiger partial charge >= 0.3 is 0 Å². The number of benzene rings is 1. The molecular formula is C16H13N5. The highest BCUT2D eigenvalue weighted by Crippen LogP contribution is 2.26. The average Bonchev–Trinajstić information content (AvgIpc) is 3.11. The Bertz CT molecular complexity index is 905. The van der Waals surface area contributed by atoms with Crippen molar-refractivity contribution < 1.29 is 0 Å². The predicted molar refractivity (Wildman–Crippen MR) is 82.2 cm³/mol. The van der Waals surface area contributed by atoms with Crippen molar-refractivity contribution in [3.05, 3.63) is 67.0 Å². The van der Waals surface area contributed by atoms with E-state index in [1.54, 1.807) is 4.68 Å². The van der Waals surface area contributed by atoms with E-state index in [1.807, 2.05) is 71.5 Å². The van der Waals surface area contributed by atoms with Crippen LogP contribution in [0, 0.1) is 0 Å². The minimum atomic E-state index is 0.603. The maximum atomic E-state index is 6.10. The molecule has 4 aromatic rings. The van der Waals surface area contributed by atoms with Crippen molar-refractivity contribution in [1.29, 1.82) is 0 Å². The van der Waals surface area contributed by atoms with Crippen molar-refractivity contribution in [2.75, 3.05) is 5.73 Å². The minimum Gasteiger partial charge on any atom is -0.384 e. The van der Waals surface area contributed by atoms with Crippen LogP contribution in [0.5, 0.6) is 0 Å². The summed E-state index contributed by atoms with van der Waals surface area (Å²) in [6, 6.07) is 17.7. The molecule has 0 bridgehead atoms. The molecule has 0 spiro atoms. The fraction of sp³-hybridized carbons (Fsp3) is 0. The Morgan fingerprint density at radius 2 is 1.76 bits per heavy atom. The van der Waals surface area contributed by atoms with Crippen molar-refractivity contribution >= 4 is 11.3 Å². The molecule has 0 aliphatic carbocycles. The second kappa shape index (κ2) is 4.49. The van der Waals surface area contributed by atoms with Gasteiger partial charge in [-0.25, -0.2) is 9.20 Å². The Kier molecular flexibility index (Phi) is 2.50. The van der Waals surface area contributed by atoms with E-state index >= 15 is 0 Å². The van der Waals surface area contributed by atoms with Gasteiger partial charge in [-0.2, -0.15) is 10.2 Å². The number of hydrogen-bond acceptors (Lipinski definition) is 3. The van der Waals surface area contributed by atoms with E-state index in [2.05, 4.69) is 10.2 Å². The lowest BCUT2D eigenvalue weighted by Gasteiger charge is -2.02. The molecule has 1 aromatic carbocycles. The number of nitrogens with two attached hydrogens (primary N) is 1. The van der Waals surface area contributed by atoms with Gasteiger partial charge in [0.05, 0.1) is 23.1 Å². The third-order valence-corrected chi connectivity index (χ3v) is 3.44. The van der Waals surface area contributed by atoms with E-state index in [4.69, 9.17) is 5.73 Å². The maximum Gasteiger partial charge on any atom is 0.127 e. The summed E-state index contributed by atoms with van der Waals surface area (Å²) in [5.74, 6) is 0.603. The molecule has 0 amide bonds. The van der Waals surface area contributed by atoms with Crippen molar-refractivity contribution in [3.8, 4) is 16.9 Å². The normalized spacial score (nSPS) is 11.0. The van der Waals surface area contributed by atoms with Gasteiger partial charge in [-0.3, -0.25) is 0 Å². The fourth-order valence-corrected chi connectivity index (χ4v) is 2.44. The van der Waals surface area contributed by atoms with Crippen molar-refractivity contribution in [2.24, 2.45) is 0 Å². The van der Waals surface area contributed by atoms with Gasteiger partial charge in [0.15, 0.2) is 0 Å². The first-order chi connectivity index (χ1) is 10.3. The molecule has 102 valence electrons. The number of rotatable bonds is 2. The lowest BCUT2D eigenvalue weighted by Crippen LogP contribution is -2.01. The van der Waals surface area contributed by atoms with Gasteiger partial charge in [0.2, 0.25) is 0 Å². The van der Waals surface area contributed by atoms with E-state index < -0.39 is 0 Å². The van der Waals surface area contributed by atoms with Crippen LogP contribution in [-0.4, -0.2) is 19.4 Å². The van der Waals surface area contributed by atoms with E-state index in [0.29, 0.717) is 5.82 Å². The average molecular weight is 275 g/mol. The summed E-state index contributed by atoms with van der Waals surface area (Å²) in [5, 5.41) is 8.94. The Hall–Kier alpha value is -3.08. The zero-order valence-corrected chi connectivity index (χ0v) is 11.2. The van der Waals surface area contributed by atoms with E-state index in [1.165, 1.54) is 0 Å². The lowest BCUT2D eigenvalue weighted by atomic mass is 10.2. The van der Waals surface area contributed by atoms with Gasteiger partial charge in [0, 0.05) is 17.8 Å². The van der Waals surface area contributed by atoms with Crippen LogP contribution >= 0.6 is 0 Å². The van der Waals surface area contributed by atoms with Gasteiger partial charge in [-0.15, -0.1) is 0 Å². The number of nitrogen functional groups attached to an aromatic ring is 1. The number of anilines is 1. The first-order valence-corrected chi connectivity index (χ1v) is 6.66. The molecule has 3 aromatic heterocycles. The quantitative estimate of drug-likeness (QED) is 0.612. The second-order valence-corrected chi connectivity index (χ2v) is 4.79. The standard InChI is InChI=1S/C16H13N5/c17-16-10-14(19-21(16)12-6-2-1-3-7-12)13-11-18-20-9-5-4-8-15(13)20/h1-11H,17H2. The van der Waals surface area contributed by atoms with Crippen LogP contribution < -0.4 is 5.73 Å². The first-order valence-electron chi connectivity index (χ1n) is 6.66. The summed E-state index contributed by atoms with van der Waals surface area (Å²) in [5.41, 5.74) is 9.84.